The number of nitrogens with zero attached hydrogens (tertiary/aromatic N) is 3. The minimum Gasteiger partial charge on any atom is -0.473 e. The Kier molecular flexibility index (Phi) is 3.87. The van der Waals surface area contributed by atoms with Gasteiger partial charge in [0, 0.05) is 62.0 Å². The van der Waals surface area contributed by atoms with E-state index in [1.807, 2.05) is 6.20 Å². The van der Waals surface area contributed by atoms with Gasteiger partial charge in [-0.25, -0.2) is 4.98 Å². The van der Waals surface area contributed by atoms with Crippen molar-refractivity contribution in [2.45, 2.75) is 31.1 Å². The number of aromatic amines is 1. The third-order valence-corrected chi connectivity index (χ3v) is 5.38. The van der Waals surface area contributed by atoms with Gasteiger partial charge in [-0.1, -0.05) is 12.1 Å². The van der Waals surface area contributed by atoms with E-state index in [1.165, 1.54) is 16.5 Å². The number of aromatic nitrogens is 3. The first-order valence-electron chi connectivity index (χ1n) is 9.14. The van der Waals surface area contributed by atoms with Crippen molar-refractivity contribution in [1.29, 1.82) is 0 Å². The molecule has 0 saturated carbocycles. The van der Waals surface area contributed by atoms with Crippen LogP contribution in [0.5, 0.6) is 5.88 Å². The minimum atomic E-state index is -0.0723. The number of hydrogen-bond acceptors (Lipinski definition) is 5. The molecule has 2 fully saturated rings. The molecule has 2 aliphatic heterocycles. The van der Waals surface area contributed by atoms with Gasteiger partial charge in [-0.2, -0.15) is 0 Å². The van der Waals surface area contributed by atoms with Crippen LogP contribution in [0.25, 0.3) is 10.9 Å². The molecular formula is C20H22N4O2. The summed E-state index contributed by atoms with van der Waals surface area (Å²) in [7, 11) is 0. The normalized spacial score (nSPS) is 22.4. The van der Waals surface area contributed by atoms with Gasteiger partial charge in [0.25, 0.3) is 0 Å². The lowest BCUT2D eigenvalue weighted by Gasteiger charge is -2.53. The number of fused-ring (bicyclic) bond motifs is 1. The van der Waals surface area contributed by atoms with Gasteiger partial charge in [-0.05, 0) is 17.7 Å². The second kappa shape index (κ2) is 6.37. The summed E-state index contributed by atoms with van der Waals surface area (Å²) in [4.78, 5) is 14.0. The third-order valence-electron chi connectivity index (χ3n) is 5.38. The minimum absolute atomic E-state index is 0.0723. The standard InChI is InChI=1S/C20H22N4O2/c1-2-15(17-4-6-22-18(17)3-1)12-24-13-20(14-24)10-16(5-9-25-20)26-19-11-21-7-8-23-19/h1-4,6-8,11,16,22H,5,9-10,12-14H2/t16-/m1/s1. The van der Waals surface area contributed by atoms with Crippen molar-refractivity contribution in [3.8, 4) is 5.88 Å². The summed E-state index contributed by atoms with van der Waals surface area (Å²) in [5.74, 6) is 0.602. The summed E-state index contributed by atoms with van der Waals surface area (Å²) in [6, 6.07) is 8.60. The number of ether oxygens (including phenoxy) is 2. The molecule has 2 aromatic heterocycles. The maximum atomic E-state index is 6.15. The number of likely N-dealkylation sites (tertiary alicyclic amines) is 1. The molecule has 0 amide bonds. The highest BCUT2D eigenvalue weighted by Gasteiger charge is 2.48. The van der Waals surface area contributed by atoms with E-state index < -0.39 is 0 Å². The van der Waals surface area contributed by atoms with Crippen LogP contribution in [0.15, 0.2) is 49.1 Å². The molecule has 1 spiro atoms. The van der Waals surface area contributed by atoms with Crippen LogP contribution in [0.1, 0.15) is 18.4 Å². The molecule has 0 unspecified atom stereocenters. The van der Waals surface area contributed by atoms with Crippen molar-refractivity contribution in [3.05, 3.63) is 54.6 Å². The lowest BCUT2D eigenvalue weighted by Crippen LogP contribution is -2.65. The van der Waals surface area contributed by atoms with Crippen LogP contribution in [0, 0.1) is 0 Å². The Labute approximate surface area is 152 Å². The van der Waals surface area contributed by atoms with Gasteiger partial charge in [0.2, 0.25) is 5.88 Å². The quantitative estimate of drug-likeness (QED) is 0.784. The number of H-pyrrole nitrogens is 1. The lowest BCUT2D eigenvalue weighted by molar-refractivity contribution is -0.188. The molecule has 0 aliphatic carbocycles. The molecular weight excluding hydrogens is 328 g/mol. The summed E-state index contributed by atoms with van der Waals surface area (Å²) < 4.78 is 12.2. The molecule has 2 saturated heterocycles. The van der Waals surface area contributed by atoms with E-state index in [0.29, 0.717) is 5.88 Å². The molecule has 26 heavy (non-hydrogen) atoms. The predicted molar refractivity (Wildman–Crippen MR) is 97.9 cm³/mol. The topological polar surface area (TPSA) is 63.3 Å². The van der Waals surface area contributed by atoms with Crippen LogP contribution < -0.4 is 4.74 Å². The fourth-order valence-electron chi connectivity index (χ4n) is 4.23. The van der Waals surface area contributed by atoms with E-state index in [0.717, 1.165) is 39.1 Å². The summed E-state index contributed by atoms with van der Waals surface area (Å²) in [5, 5.41) is 1.31. The third kappa shape index (κ3) is 2.95. The molecule has 3 aromatic rings. The van der Waals surface area contributed by atoms with E-state index in [2.05, 4.69) is 44.1 Å². The Morgan fingerprint density at radius 2 is 2.23 bits per heavy atom. The first kappa shape index (κ1) is 15.8. The molecule has 2 aliphatic rings. The molecule has 6 nitrogen and oxygen atoms in total. The highest BCUT2D eigenvalue weighted by molar-refractivity contribution is 5.82. The predicted octanol–water partition coefficient (Wildman–Crippen LogP) is 2.77. The van der Waals surface area contributed by atoms with Gasteiger partial charge < -0.3 is 14.5 Å². The van der Waals surface area contributed by atoms with E-state index in [1.54, 1.807) is 18.6 Å². The summed E-state index contributed by atoms with van der Waals surface area (Å²) >= 11 is 0. The van der Waals surface area contributed by atoms with E-state index in [-0.39, 0.29) is 11.7 Å². The first-order chi connectivity index (χ1) is 12.8. The molecule has 0 bridgehead atoms. The fourth-order valence-corrected chi connectivity index (χ4v) is 4.23. The molecule has 4 heterocycles. The zero-order valence-corrected chi connectivity index (χ0v) is 14.6. The highest BCUT2D eigenvalue weighted by atomic mass is 16.5. The van der Waals surface area contributed by atoms with Gasteiger partial charge in [0.05, 0.1) is 18.4 Å². The second-order valence-corrected chi connectivity index (χ2v) is 7.31. The smallest absolute Gasteiger partial charge is 0.232 e. The van der Waals surface area contributed by atoms with Crippen LogP contribution >= 0.6 is 0 Å². The van der Waals surface area contributed by atoms with Crippen molar-refractivity contribution >= 4 is 10.9 Å². The average molecular weight is 350 g/mol. The van der Waals surface area contributed by atoms with Crippen molar-refractivity contribution in [2.75, 3.05) is 19.7 Å². The van der Waals surface area contributed by atoms with Gasteiger partial charge in [0.15, 0.2) is 0 Å². The number of nitrogens with one attached hydrogen (secondary N) is 1. The van der Waals surface area contributed by atoms with Crippen molar-refractivity contribution in [3.63, 3.8) is 0 Å². The van der Waals surface area contributed by atoms with Crippen LogP contribution in [-0.4, -0.2) is 51.3 Å². The number of benzene rings is 1. The monoisotopic (exact) mass is 350 g/mol. The average Bonchev–Trinajstić information content (AvgIpc) is 3.11. The number of hydrogen-bond donors (Lipinski definition) is 1. The Morgan fingerprint density at radius 3 is 3.12 bits per heavy atom. The van der Waals surface area contributed by atoms with E-state index >= 15 is 0 Å². The molecule has 6 heteroatoms. The van der Waals surface area contributed by atoms with Gasteiger partial charge in [0.1, 0.15) is 6.10 Å². The first-order valence-corrected chi connectivity index (χ1v) is 9.14. The Hall–Kier alpha value is -2.44. The molecule has 1 atom stereocenters. The number of rotatable bonds is 4. The van der Waals surface area contributed by atoms with Crippen molar-refractivity contribution in [2.24, 2.45) is 0 Å². The van der Waals surface area contributed by atoms with Crippen molar-refractivity contribution in [1.82, 2.24) is 19.9 Å². The molecule has 5 rings (SSSR count). The van der Waals surface area contributed by atoms with E-state index in [9.17, 15) is 0 Å². The highest BCUT2D eigenvalue weighted by Crippen LogP contribution is 2.36. The lowest BCUT2D eigenvalue weighted by atomic mass is 9.84. The maximum absolute atomic E-state index is 6.15. The van der Waals surface area contributed by atoms with Gasteiger partial charge in [-0.15, -0.1) is 0 Å². The van der Waals surface area contributed by atoms with Gasteiger partial charge >= 0.3 is 0 Å². The Bertz CT molecular complexity index is 889. The second-order valence-electron chi connectivity index (χ2n) is 7.31. The van der Waals surface area contributed by atoms with Crippen LogP contribution in [-0.2, 0) is 11.3 Å². The van der Waals surface area contributed by atoms with Crippen molar-refractivity contribution < 1.29 is 9.47 Å². The fraction of sp³-hybridized carbons (Fsp3) is 0.400. The van der Waals surface area contributed by atoms with Crippen LogP contribution in [0.4, 0.5) is 0 Å². The Balaban J connectivity index is 1.22. The largest absolute Gasteiger partial charge is 0.473 e. The molecule has 1 N–H and O–H groups in total. The summed E-state index contributed by atoms with van der Waals surface area (Å²) in [6.07, 6.45) is 8.97. The zero-order valence-electron chi connectivity index (χ0n) is 14.6. The van der Waals surface area contributed by atoms with E-state index in [4.69, 9.17) is 9.47 Å². The summed E-state index contributed by atoms with van der Waals surface area (Å²) in [6.45, 7) is 3.60. The van der Waals surface area contributed by atoms with Crippen LogP contribution in [0.3, 0.4) is 0 Å². The maximum Gasteiger partial charge on any atom is 0.232 e. The summed E-state index contributed by atoms with van der Waals surface area (Å²) in [5.41, 5.74) is 2.49. The van der Waals surface area contributed by atoms with Gasteiger partial charge in [-0.3, -0.25) is 9.88 Å². The Morgan fingerprint density at radius 1 is 1.27 bits per heavy atom. The molecule has 134 valence electrons. The zero-order chi connectivity index (χ0) is 17.4. The van der Waals surface area contributed by atoms with Crippen LogP contribution in [0.2, 0.25) is 0 Å². The molecule has 1 aromatic carbocycles. The SMILES string of the molecule is c1cc(CN2CC3(C[C@H](Oc4cnccn4)CCO3)C2)c2cc[nH]c2c1. The molecule has 0 radical (unpaired) electrons.